The zero-order chi connectivity index (χ0) is 21.8. The maximum absolute atomic E-state index is 13.0. The highest BCUT2D eigenvalue weighted by Gasteiger charge is 2.09. The number of anilines is 2. The first-order valence-corrected chi connectivity index (χ1v) is 9.55. The molecular weight excluding hydrogens is 423 g/mol. The average Bonchev–Trinajstić information content (AvgIpc) is 2.79. The second kappa shape index (κ2) is 8.88. The van der Waals surface area contributed by atoms with E-state index in [0.717, 1.165) is 0 Å². The number of pyridine rings is 1. The first-order chi connectivity index (χ1) is 15.1. The summed E-state index contributed by atoms with van der Waals surface area (Å²) in [5.41, 5.74) is 2.30. The molecule has 31 heavy (non-hydrogen) atoms. The monoisotopic (exact) mass is 438 g/mol. The Hall–Kier alpha value is -3.85. The zero-order valence-corrected chi connectivity index (χ0v) is 17.0. The molecule has 10 heteroatoms. The summed E-state index contributed by atoms with van der Waals surface area (Å²) in [4.78, 5) is 20.2. The lowest BCUT2D eigenvalue weighted by Crippen LogP contribution is -2.18. The summed E-state index contributed by atoms with van der Waals surface area (Å²) >= 11 is 5.95. The SMILES string of the molecule is CNC(=O)c1cc(Oc2ccc3nnc(Nc4ccc(Cl)c(CF)c4)nc3c2)ccn1. The highest BCUT2D eigenvalue weighted by Crippen LogP contribution is 2.26. The van der Waals surface area contributed by atoms with Crippen molar-refractivity contribution in [3.8, 4) is 11.5 Å². The predicted octanol–water partition coefficient (Wildman–Crippen LogP) is 4.44. The lowest BCUT2D eigenvalue weighted by Gasteiger charge is -2.09. The molecule has 0 radical (unpaired) electrons. The van der Waals surface area contributed by atoms with Crippen molar-refractivity contribution in [2.75, 3.05) is 12.4 Å². The number of fused-ring (bicyclic) bond motifs is 1. The van der Waals surface area contributed by atoms with E-state index in [-0.39, 0.29) is 17.5 Å². The van der Waals surface area contributed by atoms with Gasteiger partial charge in [-0.15, -0.1) is 10.2 Å². The minimum absolute atomic E-state index is 0.239. The molecule has 2 aromatic carbocycles. The fourth-order valence-electron chi connectivity index (χ4n) is 2.78. The highest BCUT2D eigenvalue weighted by molar-refractivity contribution is 6.31. The molecule has 0 atom stereocenters. The molecule has 2 aromatic heterocycles. The number of halogens is 2. The number of nitrogens with one attached hydrogen (secondary N) is 2. The molecule has 0 bridgehead atoms. The summed E-state index contributed by atoms with van der Waals surface area (Å²) in [6.07, 6.45) is 1.49. The number of hydrogen-bond acceptors (Lipinski definition) is 7. The van der Waals surface area contributed by atoms with Gasteiger partial charge in [0.15, 0.2) is 0 Å². The van der Waals surface area contributed by atoms with E-state index >= 15 is 0 Å². The van der Waals surface area contributed by atoms with Crippen LogP contribution < -0.4 is 15.4 Å². The number of hydrogen-bond donors (Lipinski definition) is 2. The Morgan fingerprint density at radius 2 is 1.90 bits per heavy atom. The molecule has 2 heterocycles. The molecule has 0 spiro atoms. The summed E-state index contributed by atoms with van der Waals surface area (Å²) in [7, 11) is 1.53. The molecule has 0 aliphatic heterocycles. The fourth-order valence-corrected chi connectivity index (χ4v) is 2.95. The number of ether oxygens (including phenoxy) is 1. The van der Waals surface area contributed by atoms with Crippen molar-refractivity contribution in [1.29, 1.82) is 0 Å². The number of nitrogens with zero attached hydrogens (tertiary/aromatic N) is 4. The molecule has 0 fully saturated rings. The molecule has 0 saturated heterocycles. The Morgan fingerprint density at radius 1 is 1.06 bits per heavy atom. The summed E-state index contributed by atoms with van der Waals surface area (Å²) in [5.74, 6) is 0.879. The molecule has 4 rings (SSSR count). The van der Waals surface area contributed by atoms with Gasteiger partial charge < -0.3 is 15.4 Å². The molecule has 8 nitrogen and oxygen atoms in total. The molecule has 0 saturated carbocycles. The van der Waals surface area contributed by atoms with Gasteiger partial charge in [-0.1, -0.05) is 11.6 Å². The summed E-state index contributed by atoms with van der Waals surface area (Å²) in [5, 5.41) is 14.0. The van der Waals surface area contributed by atoms with Crippen LogP contribution in [0.25, 0.3) is 11.0 Å². The fraction of sp³-hybridized carbons (Fsp3) is 0.0952. The van der Waals surface area contributed by atoms with E-state index in [1.807, 2.05) is 0 Å². The Labute approximate surface area is 181 Å². The molecule has 0 unspecified atom stereocenters. The van der Waals surface area contributed by atoms with Crippen LogP contribution in [0.1, 0.15) is 16.1 Å². The van der Waals surface area contributed by atoms with Crippen LogP contribution in [-0.2, 0) is 6.67 Å². The van der Waals surface area contributed by atoms with Gasteiger partial charge in [-0.05, 0) is 36.4 Å². The van der Waals surface area contributed by atoms with E-state index in [0.29, 0.717) is 38.8 Å². The van der Waals surface area contributed by atoms with Crippen LogP contribution >= 0.6 is 11.6 Å². The van der Waals surface area contributed by atoms with Crippen molar-refractivity contribution in [2.24, 2.45) is 0 Å². The van der Waals surface area contributed by atoms with Crippen LogP contribution in [0.5, 0.6) is 11.5 Å². The summed E-state index contributed by atoms with van der Waals surface area (Å²) in [6.45, 7) is -0.678. The third kappa shape index (κ3) is 4.67. The largest absolute Gasteiger partial charge is 0.457 e. The Kier molecular flexibility index (Phi) is 5.85. The van der Waals surface area contributed by atoms with Crippen molar-refractivity contribution in [1.82, 2.24) is 25.5 Å². The van der Waals surface area contributed by atoms with Gasteiger partial charge in [0.2, 0.25) is 5.95 Å². The average molecular weight is 439 g/mol. The molecule has 1 amide bonds. The second-order valence-electron chi connectivity index (χ2n) is 6.41. The van der Waals surface area contributed by atoms with Crippen LogP contribution in [0.15, 0.2) is 54.7 Å². The van der Waals surface area contributed by atoms with Gasteiger partial charge in [-0.2, -0.15) is 0 Å². The maximum atomic E-state index is 13.0. The zero-order valence-electron chi connectivity index (χ0n) is 16.3. The lowest BCUT2D eigenvalue weighted by molar-refractivity contribution is 0.0958. The summed E-state index contributed by atoms with van der Waals surface area (Å²) < 4.78 is 18.9. The number of carbonyl (C=O) groups excluding carboxylic acids is 1. The topological polar surface area (TPSA) is 102 Å². The van der Waals surface area contributed by atoms with E-state index in [4.69, 9.17) is 16.3 Å². The van der Waals surface area contributed by atoms with E-state index in [1.165, 1.54) is 19.3 Å². The van der Waals surface area contributed by atoms with Crippen molar-refractivity contribution in [2.45, 2.75) is 6.67 Å². The second-order valence-corrected chi connectivity index (χ2v) is 6.82. The van der Waals surface area contributed by atoms with Gasteiger partial charge in [-0.3, -0.25) is 9.78 Å². The number of carbonyl (C=O) groups is 1. The molecule has 0 aliphatic carbocycles. The van der Waals surface area contributed by atoms with Crippen molar-refractivity contribution >= 4 is 40.2 Å². The van der Waals surface area contributed by atoms with Gasteiger partial charge in [0.05, 0.1) is 5.52 Å². The van der Waals surface area contributed by atoms with Crippen molar-refractivity contribution < 1.29 is 13.9 Å². The lowest BCUT2D eigenvalue weighted by atomic mass is 10.2. The Balaban J connectivity index is 1.58. The van der Waals surface area contributed by atoms with Crippen LogP contribution in [0.3, 0.4) is 0 Å². The van der Waals surface area contributed by atoms with Crippen LogP contribution in [0.2, 0.25) is 5.02 Å². The van der Waals surface area contributed by atoms with Crippen LogP contribution in [-0.4, -0.2) is 33.1 Å². The van der Waals surface area contributed by atoms with E-state index in [1.54, 1.807) is 42.5 Å². The molecule has 2 N–H and O–H groups in total. The molecule has 0 aliphatic rings. The normalized spacial score (nSPS) is 10.7. The smallest absolute Gasteiger partial charge is 0.269 e. The predicted molar refractivity (Wildman–Crippen MR) is 115 cm³/mol. The summed E-state index contributed by atoms with van der Waals surface area (Å²) in [6, 6.07) is 13.2. The number of amides is 1. The number of alkyl halides is 1. The first kappa shape index (κ1) is 20.4. The number of rotatable bonds is 6. The third-order valence-corrected chi connectivity index (χ3v) is 4.67. The highest BCUT2D eigenvalue weighted by atomic mass is 35.5. The standard InChI is InChI=1S/C21H16ClFN6O2/c1-24-20(30)19-10-15(6-7-25-19)31-14-3-5-17-18(9-14)27-21(29-28-17)26-13-2-4-16(22)12(8-13)11-23/h2-10H,11H2,1H3,(H,24,30)(H,26,27,29). The molecular formula is C21H16ClFN6O2. The van der Waals surface area contributed by atoms with Gasteiger partial charge in [0.1, 0.15) is 29.4 Å². The molecule has 4 aromatic rings. The van der Waals surface area contributed by atoms with Crippen LogP contribution in [0, 0.1) is 0 Å². The van der Waals surface area contributed by atoms with Crippen molar-refractivity contribution in [3.63, 3.8) is 0 Å². The van der Waals surface area contributed by atoms with Crippen LogP contribution in [0.4, 0.5) is 16.0 Å². The minimum atomic E-state index is -0.678. The van der Waals surface area contributed by atoms with E-state index in [2.05, 4.69) is 30.8 Å². The van der Waals surface area contributed by atoms with Gasteiger partial charge >= 0.3 is 0 Å². The minimum Gasteiger partial charge on any atom is -0.457 e. The van der Waals surface area contributed by atoms with Gasteiger partial charge in [-0.25, -0.2) is 9.37 Å². The Morgan fingerprint density at radius 3 is 2.71 bits per heavy atom. The van der Waals surface area contributed by atoms with Gasteiger partial charge in [0, 0.05) is 41.7 Å². The quantitative estimate of drug-likeness (QED) is 0.458. The van der Waals surface area contributed by atoms with Crippen molar-refractivity contribution in [3.05, 3.63) is 71.0 Å². The van der Waals surface area contributed by atoms with E-state index < -0.39 is 6.67 Å². The first-order valence-electron chi connectivity index (χ1n) is 9.17. The van der Waals surface area contributed by atoms with Gasteiger partial charge in [0.25, 0.3) is 5.91 Å². The van der Waals surface area contributed by atoms with E-state index in [9.17, 15) is 9.18 Å². The maximum Gasteiger partial charge on any atom is 0.269 e. The Bertz CT molecular complexity index is 1270. The third-order valence-electron chi connectivity index (χ3n) is 4.30. The number of benzene rings is 2. The molecule has 156 valence electrons. The number of aromatic nitrogens is 4.